The highest BCUT2D eigenvalue weighted by Gasteiger charge is 2.31. The Bertz CT molecular complexity index is 1110. The molecule has 0 radical (unpaired) electrons. The summed E-state index contributed by atoms with van der Waals surface area (Å²) < 4.78 is 46.2. The number of carbonyl (C=O) groups excluding carboxylic acids is 1. The molecule has 0 atom stereocenters. The van der Waals surface area contributed by atoms with Crippen LogP contribution in [0.2, 0.25) is 5.02 Å². The first-order valence-electron chi connectivity index (χ1n) is 9.43. The molecule has 1 N–H and O–H groups in total. The fourth-order valence-electron chi connectivity index (χ4n) is 2.87. The number of anilines is 1. The number of hydrogen-bond acceptors (Lipinski definition) is 5. The standard InChI is InChI=1S/C21H20ClF3N4O2S/c1-12-5-4-6-13(2)19(12)31-10-17-27-28-20(29(17)3)32-11-18(30)26-16-9-14(21(23,24)25)7-8-15(16)22/h4-9H,10-11H2,1-3H3,(H,26,30). The number of nitrogens with zero attached hydrogens (tertiary/aromatic N) is 3. The summed E-state index contributed by atoms with van der Waals surface area (Å²) in [7, 11) is 1.74. The molecule has 0 unspecified atom stereocenters. The molecule has 0 saturated carbocycles. The molecule has 32 heavy (non-hydrogen) atoms. The monoisotopic (exact) mass is 484 g/mol. The Hall–Kier alpha value is -2.72. The summed E-state index contributed by atoms with van der Waals surface area (Å²) in [6.07, 6.45) is -4.53. The SMILES string of the molecule is Cc1cccc(C)c1OCc1nnc(SCC(=O)Nc2cc(C(F)(F)F)ccc2Cl)n1C. The van der Waals surface area contributed by atoms with Gasteiger partial charge in [0.25, 0.3) is 0 Å². The third-order valence-electron chi connectivity index (χ3n) is 4.58. The topological polar surface area (TPSA) is 69.0 Å². The molecule has 11 heteroatoms. The minimum absolute atomic E-state index is 0.0148. The van der Waals surface area contributed by atoms with Gasteiger partial charge in [0.05, 0.1) is 22.0 Å². The maximum atomic E-state index is 12.9. The zero-order valence-corrected chi connectivity index (χ0v) is 19.0. The van der Waals surface area contributed by atoms with E-state index < -0.39 is 17.6 Å². The average Bonchev–Trinajstić information content (AvgIpc) is 3.06. The largest absolute Gasteiger partial charge is 0.485 e. The molecule has 1 aromatic heterocycles. The summed E-state index contributed by atoms with van der Waals surface area (Å²) in [5.41, 5.74) is 1.01. The smallest absolute Gasteiger partial charge is 0.416 e. The Labute approximate surface area is 192 Å². The zero-order chi connectivity index (χ0) is 23.5. The van der Waals surface area contributed by atoms with Crippen LogP contribution in [0.3, 0.4) is 0 Å². The van der Waals surface area contributed by atoms with E-state index in [0.29, 0.717) is 11.0 Å². The third-order valence-corrected chi connectivity index (χ3v) is 5.93. The molecule has 0 fully saturated rings. The van der Waals surface area contributed by atoms with Crippen molar-refractivity contribution < 1.29 is 22.7 Å². The molecule has 3 aromatic rings. The quantitative estimate of drug-likeness (QED) is 0.454. The fourth-order valence-corrected chi connectivity index (χ4v) is 3.77. The van der Waals surface area contributed by atoms with E-state index in [1.807, 2.05) is 32.0 Å². The number of thioether (sulfide) groups is 1. The van der Waals surface area contributed by atoms with E-state index in [9.17, 15) is 18.0 Å². The van der Waals surface area contributed by atoms with Crippen LogP contribution in [-0.4, -0.2) is 26.4 Å². The van der Waals surface area contributed by atoms with Crippen LogP contribution in [-0.2, 0) is 24.6 Å². The lowest BCUT2D eigenvalue weighted by molar-refractivity contribution is -0.137. The van der Waals surface area contributed by atoms with Crippen molar-refractivity contribution in [1.82, 2.24) is 14.8 Å². The van der Waals surface area contributed by atoms with Crippen LogP contribution in [0.1, 0.15) is 22.5 Å². The Morgan fingerprint density at radius 3 is 2.53 bits per heavy atom. The van der Waals surface area contributed by atoms with Gasteiger partial charge in [-0.15, -0.1) is 10.2 Å². The molecule has 0 bridgehead atoms. The van der Waals surface area contributed by atoms with Crippen molar-refractivity contribution in [2.24, 2.45) is 7.05 Å². The molecule has 0 aliphatic heterocycles. The number of carbonyl (C=O) groups is 1. The number of amides is 1. The number of benzene rings is 2. The summed E-state index contributed by atoms with van der Waals surface area (Å²) >= 11 is 7.01. The van der Waals surface area contributed by atoms with E-state index in [2.05, 4.69) is 15.5 Å². The van der Waals surface area contributed by atoms with Gasteiger partial charge in [-0.1, -0.05) is 41.6 Å². The van der Waals surface area contributed by atoms with Gasteiger partial charge < -0.3 is 14.6 Å². The number of hydrogen-bond donors (Lipinski definition) is 1. The van der Waals surface area contributed by atoms with Gasteiger partial charge in [0.15, 0.2) is 11.0 Å². The molecule has 0 spiro atoms. The van der Waals surface area contributed by atoms with Crippen molar-refractivity contribution in [3.05, 3.63) is 63.9 Å². The van der Waals surface area contributed by atoms with Gasteiger partial charge in [-0.05, 0) is 43.2 Å². The first-order valence-corrected chi connectivity index (χ1v) is 10.8. The van der Waals surface area contributed by atoms with Gasteiger partial charge >= 0.3 is 6.18 Å². The van der Waals surface area contributed by atoms with Gasteiger partial charge in [0, 0.05) is 7.05 Å². The van der Waals surface area contributed by atoms with Crippen molar-refractivity contribution in [2.45, 2.75) is 31.8 Å². The van der Waals surface area contributed by atoms with Crippen LogP contribution in [0.15, 0.2) is 41.6 Å². The highest BCUT2D eigenvalue weighted by molar-refractivity contribution is 7.99. The number of aryl methyl sites for hydroxylation is 2. The summed E-state index contributed by atoms with van der Waals surface area (Å²) in [4.78, 5) is 12.2. The van der Waals surface area contributed by atoms with E-state index in [4.69, 9.17) is 16.3 Å². The van der Waals surface area contributed by atoms with Crippen molar-refractivity contribution in [3.63, 3.8) is 0 Å². The predicted molar refractivity (Wildman–Crippen MR) is 117 cm³/mol. The first kappa shape index (κ1) is 23.9. The molecule has 170 valence electrons. The maximum absolute atomic E-state index is 12.9. The normalized spacial score (nSPS) is 11.5. The lowest BCUT2D eigenvalue weighted by atomic mass is 10.1. The lowest BCUT2D eigenvalue weighted by Gasteiger charge is -2.12. The molecular formula is C21H20ClF3N4O2S. The van der Waals surface area contributed by atoms with E-state index in [1.165, 1.54) is 0 Å². The van der Waals surface area contributed by atoms with Gasteiger partial charge in [-0.25, -0.2) is 0 Å². The van der Waals surface area contributed by atoms with Crippen molar-refractivity contribution in [1.29, 1.82) is 0 Å². The van der Waals surface area contributed by atoms with Gasteiger partial charge in [0.1, 0.15) is 12.4 Å². The minimum atomic E-state index is -4.53. The molecule has 0 aliphatic carbocycles. The first-order chi connectivity index (χ1) is 15.1. The minimum Gasteiger partial charge on any atom is -0.485 e. The number of nitrogens with one attached hydrogen (secondary N) is 1. The van der Waals surface area contributed by atoms with E-state index >= 15 is 0 Å². The summed E-state index contributed by atoms with van der Waals surface area (Å²) in [5, 5.41) is 11.0. The van der Waals surface area contributed by atoms with E-state index in [0.717, 1.165) is 46.8 Å². The van der Waals surface area contributed by atoms with E-state index in [-0.39, 0.29) is 23.1 Å². The van der Waals surface area contributed by atoms with Gasteiger partial charge in [-0.2, -0.15) is 13.2 Å². The number of alkyl halides is 3. The molecule has 1 amide bonds. The van der Waals surface area contributed by atoms with Crippen LogP contribution < -0.4 is 10.1 Å². The Balaban J connectivity index is 1.60. The predicted octanol–water partition coefficient (Wildman–Crippen LogP) is 5.41. The molecule has 3 rings (SSSR count). The van der Waals surface area contributed by atoms with Crippen LogP contribution in [0.25, 0.3) is 0 Å². The summed E-state index contributed by atoms with van der Waals surface area (Å²) in [5.74, 6) is 0.738. The summed E-state index contributed by atoms with van der Waals surface area (Å²) in [6.45, 7) is 4.10. The lowest BCUT2D eigenvalue weighted by Crippen LogP contribution is -2.16. The second-order valence-corrected chi connectivity index (χ2v) is 8.35. The second kappa shape index (κ2) is 9.83. The average molecular weight is 485 g/mol. The van der Waals surface area contributed by atoms with Crippen LogP contribution >= 0.6 is 23.4 Å². The number of rotatable bonds is 7. The molecule has 2 aromatic carbocycles. The summed E-state index contributed by atoms with van der Waals surface area (Å²) in [6, 6.07) is 8.61. The molecule has 0 saturated heterocycles. The molecule has 1 heterocycles. The number of ether oxygens (including phenoxy) is 1. The van der Waals surface area contributed by atoms with Crippen molar-refractivity contribution >= 4 is 35.0 Å². The number of aromatic nitrogens is 3. The Morgan fingerprint density at radius 1 is 1.19 bits per heavy atom. The van der Waals surface area contributed by atoms with Gasteiger partial charge in [-0.3, -0.25) is 4.79 Å². The van der Waals surface area contributed by atoms with Gasteiger partial charge in [0.2, 0.25) is 5.91 Å². The van der Waals surface area contributed by atoms with Crippen LogP contribution in [0.5, 0.6) is 5.75 Å². The highest BCUT2D eigenvalue weighted by Crippen LogP contribution is 2.34. The van der Waals surface area contributed by atoms with Crippen molar-refractivity contribution in [3.8, 4) is 5.75 Å². The third kappa shape index (κ3) is 5.74. The molecule has 0 aliphatic rings. The Kier molecular flexibility index (Phi) is 7.35. The Morgan fingerprint density at radius 2 is 1.88 bits per heavy atom. The second-order valence-electron chi connectivity index (χ2n) is 7.00. The van der Waals surface area contributed by atoms with Crippen LogP contribution in [0.4, 0.5) is 18.9 Å². The highest BCUT2D eigenvalue weighted by atomic mass is 35.5. The molecular weight excluding hydrogens is 465 g/mol. The van der Waals surface area contributed by atoms with E-state index in [1.54, 1.807) is 11.6 Å². The fraction of sp³-hybridized carbons (Fsp3) is 0.286. The molecule has 6 nitrogen and oxygen atoms in total. The van der Waals surface area contributed by atoms with Crippen LogP contribution in [0, 0.1) is 13.8 Å². The number of halogens is 4. The van der Waals surface area contributed by atoms with Crippen molar-refractivity contribution in [2.75, 3.05) is 11.1 Å². The number of para-hydroxylation sites is 1. The maximum Gasteiger partial charge on any atom is 0.416 e. The zero-order valence-electron chi connectivity index (χ0n) is 17.5.